The second kappa shape index (κ2) is 6.00. The molecule has 1 unspecified atom stereocenters. The predicted molar refractivity (Wildman–Crippen MR) is 62.7 cm³/mol. The molecule has 1 atom stereocenters. The molecule has 0 bridgehead atoms. The molecule has 0 fully saturated rings. The van der Waals surface area contributed by atoms with Crippen molar-refractivity contribution in [3.63, 3.8) is 0 Å². The van der Waals surface area contributed by atoms with E-state index in [1.807, 2.05) is 24.3 Å². The maximum absolute atomic E-state index is 11.4. The lowest BCUT2D eigenvalue weighted by Crippen LogP contribution is -2.28. The van der Waals surface area contributed by atoms with E-state index in [1.165, 1.54) is 0 Å². The standard InChI is InChI=1S/C12H17NO3/c1-4-16-12(14)9(2)13-10-7-5-6-8-11(10)15-3/h5-9,13H,4H2,1-3H3. The number of anilines is 1. The molecule has 88 valence electrons. The zero-order valence-corrected chi connectivity index (χ0v) is 9.82. The summed E-state index contributed by atoms with van der Waals surface area (Å²) in [6.45, 7) is 3.93. The van der Waals surface area contributed by atoms with Gasteiger partial charge in [0, 0.05) is 0 Å². The van der Waals surface area contributed by atoms with Gasteiger partial charge in [-0.05, 0) is 26.0 Å². The summed E-state index contributed by atoms with van der Waals surface area (Å²) in [5.41, 5.74) is 0.783. The number of benzene rings is 1. The smallest absolute Gasteiger partial charge is 0.328 e. The molecule has 0 spiro atoms. The minimum absolute atomic E-state index is 0.270. The number of ether oxygens (including phenoxy) is 2. The van der Waals surface area contributed by atoms with E-state index in [-0.39, 0.29) is 5.97 Å². The molecule has 16 heavy (non-hydrogen) atoms. The van der Waals surface area contributed by atoms with Gasteiger partial charge in [0.05, 0.1) is 19.4 Å². The number of para-hydroxylation sites is 2. The summed E-state index contributed by atoms with van der Waals surface area (Å²) in [5, 5.41) is 3.05. The van der Waals surface area contributed by atoms with E-state index in [0.717, 1.165) is 5.69 Å². The van der Waals surface area contributed by atoms with Crippen LogP contribution in [0.15, 0.2) is 24.3 Å². The molecular formula is C12H17NO3. The molecule has 0 radical (unpaired) electrons. The predicted octanol–water partition coefficient (Wildman–Crippen LogP) is 2.06. The van der Waals surface area contributed by atoms with E-state index in [1.54, 1.807) is 21.0 Å². The fourth-order valence-corrected chi connectivity index (χ4v) is 1.32. The van der Waals surface area contributed by atoms with Gasteiger partial charge in [0.2, 0.25) is 0 Å². The Balaban J connectivity index is 2.68. The summed E-state index contributed by atoms with van der Waals surface area (Å²) in [5.74, 6) is 0.437. The van der Waals surface area contributed by atoms with Gasteiger partial charge in [0.25, 0.3) is 0 Å². The molecule has 0 saturated heterocycles. The lowest BCUT2D eigenvalue weighted by atomic mass is 10.2. The van der Waals surface area contributed by atoms with Gasteiger partial charge in [-0.1, -0.05) is 12.1 Å². The van der Waals surface area contributed by atoms with Crippen molar-refractivity contribution < 1.29 is 14.3 Å². The van der Waals surface area contributed by atoms with Gasteiger partial charge < -0.3 is 14.8 Å². The highest BCUT2D eigenvalue weighted by Gasteiger charge is 2.14. The van der Waals surface area contributed by atoms with Crippen molar-refractivity contribution in [2.24, 2.45) is 0 Å². The first-order valence-electron chi connectivity index (χ1n) is 5.25. The lowest BCUT2D eigenvalue weighted by molar-refractivity contribution is -0.143. The van der Waals surface area contributed by atoms with Crippen molar-refractivity contribution in [1.29, 1.82) is 0 Å². The van der Waals surface area contributed by atoms with Crippen LogP contribution in [-0.2, 0) is 9.53 Å². The average molecular weight is 223 g/mol. The molecule has 0 heterocycles. The summed E-state index contributed by atoms with van der Waals surface area (Å²) in [6, 6.07) is 7.05. The summed E-state index contributed by atoms with van der Waals surface area (Å²) in [6.07, 6.45) is 0. The fraction of sp³-hybridized carbons (Fsp3) is 0.417. The quantitative estimate of drug-likeness (QED) is 0.776. The average Bonchev–Trinajstić information content (AvgIpc) is 2.30. The van der Waals surface area contributed by atoms with E-state index in [2.05, 4.69) is 5.32 Å². The monoisotopic (exact) mass is 223 g/mol. The zero-order valence-electron chi connectivity index (χ0n) is 9.82. The number of carbonyl (C=O) groups excluding carboxylic acids is 1. The Bertz CT molecular complexity index is 352. The summed E-state index contributed by atoms with van der Waals surface area (Å²) >= 11 is 0. The minimum atomic E-state index is -0.392. The van der Waals surface area contributed by atoms with E-state index in [9.17, 15) is 4.79 Å². The Morgan fingerprint density at radius 1 is 1.44 bits per heavy atom. The second-order valence-corrected chi connectivity index (χ2v) is 3.32. The molecule has 4 heteroatoms. The first kappa shape index (κ1) is 12.4. The van der Waals surface area contributed by atoms with Crippen LogP contribution in [0.2, 0.25) is 0 Å². The Kier molecular flexibility index (Phi) is 4.64. The Labute approximate surface area is 95.6 Å². The van der Waals surface area contributed by atoms with Crippen molar-refractivity contribution in [1.82, 2.24) is 0 Å². The third-order valence-electron chi connectivity index (χ3n) is 2.12. The maximum Gasteiger partial charge on any atom is 0.328 e. The topological polar surface area (TPSA) is 47.6 Å². The Morgan fingerprint density at radius 2 is 2.12 bits per heavy atom. The lowest BCUT2D eigenvalue weighted by Gasteiger charge is -2.15. The molecule has 0 aliphatic rings. The summed E-state index contributed by atoms with van der Waals surface area (Å²) in [4.78, 5) is 11.4. The molecule has 1 rings (SSSR count). The van der Waals surface area contributed by atoms with Crippen molar-refractivity contribution >= 4 is 11.7 Å². The van der Waals surface area contributed by atoms with E-state index in [0.29, 0.717) is 12.4 Å². The Hall–Kier alpha value is -1.71. The van der Waals surface area contributed by atoms with Crippen molar-refractivity contribution in [3.05, 3.63) is 24.3 Å². The summed E-state index contributed by atoms with van der Waals surface area (Å²) in [7, 11) is 1.59. The van der Waals surface area contributed by atoms with Gasteiger partial charge in [-0.25, -0.2) is 4.79 Å². The van der Waals surface area contributed by atoms with Crippen LogP contribution < -0.4 is 10.1 Å². The van der Waals surface area contributed by atoms with Crippen LogP contribution in [-0.4, -0.2) is 25.7 Å². The van der Waals surface area contributed by atoms with Crippen LogP contribution in [0, 0.1) is 0 Å². The third kappa shape index (κ3) is 3.15. The van der Waals surface area contributed by atoms with Crippen LogP contribution in [0.1, 0.15) is 13.8 Å². The second-order valence-electron chi connectivity index (χ2n) is 3.32. The van der Waals surface area contributed by atoms with Gasteiger partial charge in [0.1, 0.15) is 11.8 Å². The molecule has 0 amide bonds. The number of rotatable bonds is 5. The third-order valence-corrected chi connectivity index (χ3v) is 2.12. The molecule has 0 aromatic heterocycles. The van der Waals surface area contributed by atoms with Gasteiger partial charge >= 0.3 is 5.97 Å². The first-order chi connectivity index (χ1) is 7.69. The fourth-order valence-electron chi connectivity index (χ4n) is 1.32. The van der Waals surface area contributed by atoms with Gasteiger partial charge in [-0.3, -0.25) is 0 Å². The highest BCUT2D eigenvalue weighted by Crippen LogP contribution is 2.23. The largest absolute Gasteiger partial charge is 0.495 e. The van der Waals surface area contributed by atoms with Crippen molar-refractivity contribution in [2.45, 2.75) is 19.9 Å². The number of carbonyl (C=O) groups is 1. The molecule has 4 nitrogen and oxygen atoms in total. The number of nitrogens with one attached hydrogen (secondary N) is 1. The van der Waals surface area contributed by atoms with Crippen LogP contribution in [0.3, 0.4) is 0 Å². The minimum Gasteiger partial charge on any atom is -0.495 e. The number of methoxy groups -OCH3 is 1. The van der Waals surface area contributed by atoms with E-state index >= 15 is 0 Å². The van der Waals surface area contributed by atoms with E-state index in [4.69, 9.17) is 9.47 Å². The molecular weight excluding hydrogens is 206 g/mol. The normalized spacial score (nSPS) is 11.7. The van der Waals surface area contributed by atoms with Crippen LogP contribution in [0.4, 0.5) is 5.69 Å². The number of esters is 1. The van der Waals surface area contributed by atoms with Crippen molar-refractivity contribution in [2.75, 3.05) is 19.0 Å². The molecule has 0 aliphatic heterocycles. The molecule has 1 aromatic rings. The van der Waals surface area contributed by atoms with Crippen LogP contribution >= 0.6 is 0 Å². The number of hydrogen-bond acceptors (Lipinski definition) is 4. The number of hydrogen-bond donors (Lipinski definition) is 1. The first-order valence-corrected chi connectivity index (χ1v) is 5.25. The molecule has 1 N–H and O–H groups in total. The Morgan fingerprint density at radius 3 is 2.75 bits per heavy atom. The highest BCUT2D eigenvalue weighted by atomic mass is 16.5. The van der Waals surface area contributed by atoms with Gasteiger partial charge in [-0.15, -0.1) is 0 Å². The van der Waals surface area contributed by atoms with Gasteiger partial charge in [0.15, 0.2) is 0 Å². The molecule has 0 aliphatic carbocycles. The maximum atomic E-state index is 11.4. The van der Waals surface area contributed by atoms with Crippen LogP contribution in [0.5, 0.6) is 5.75 Å². The summed E-state index contributed by atoms with van der Waals surface area (Å²) < 4.78 is 10.1. The van der Waals surface area contributed by atoms with Crippen molar-refractivity contribution in [3.8, 4) is 5.75 Å². The SMILES string of the molecule is CCOC(=O)C(C)Nc1ccccc1OC. The zero-order chi connectivity index (χ0) is 12.0. The van der Waals surface area contributed by atoms with Crippen LogP contribution in [0.25, 0.3) is 0 Å². The molecule has 1 aromatic carbocycles. The molecule has 0 saturated carbocycles. The van der Waals surface area contributed by atoms with E-state index < -0.39 is 6.04 Å². The van der Waals surface area contributed by atoms with Gasteiger partial charge in [-0.2, -0.15) is 0 Å². The highest BCUT2D eigenvalue weighted by molar-refractivity contribution is 5.79.